The quantitative estimate of drug-likeness (QED) is 0.906. The van der Waals surface area contributed by atoms with Crippen LogP contribution < -0.4 is 5.32 Å². The zero-order valence-electron chi connectivity index (χ0n) is 11.7. The predicted molar refractivity (Wildman–Crippen MR) is 82.6 cm³/mol. The first-order chi connectivity index (χ1) is 9.76. The van der Waals surface area contributed by atoms with Crippen molar-refractivity contribution in [2.24, 2.45) is 5.92 Å². The highest BCUT2D eigenvalue weighted by molar-refractivity contribution is 7.99. The molecule has 1 fully saturated rings. The third-order valence-corrected chi connectivity index (χ3v) is 5.15. The minimum absolute atomic E-state index is 0.213. The molecule has 0 bridgehead atoms. The number of fused-ring (bicyclic) bond motifs is 1. The van der Waals surface area contributed by atoms with E-state index < -0.39 is 0 Å². The van der Waals surface area contributed by atoms with E-state index in [4.69, 9.17) is 4.42 Å². The molecule has 108 valence electrons. The Hall–Kier alpha value is -1.00. The van der Waals surface area contributed by atoms with E-state index in [1.807, 2.05) is 24.9 Å². The van der Waals surface area contributed by atoms with Crippen LogP contribution >= 0.6 is 11.8 Å². The van der Waals surface area contributed by atoms with Gasteiger partial charge in [0, 0.05) is 5.39 Å². The highest BCUT2D eigenvalue weighted by Gasteiger charge is 2.22. The van der Waals surface area contributed by atoms with Crippen LogP contribution in [-0.4, -0.2) is 18.6 Å². The number of furan rings is 1. The molecule has 1 aromatic heterocycles. The van der Waals surface area contributed by atoms with Gasteiger partial charge in [0.2, 0.25) is 0 Å². The Balaban J connectivity index is 1.79. The van der Waals surface area contributed by atoms with Crippen molar-refractivity contribution >= 4 is 22.7 Å². The molecule has 1 unspecified atom stereocenters. The van der Waals surface area contributed by atoms with Crippen molar-refractivity contribution in [1.82, 2.24) is 5.32 Å². The van der Waals surface area contributed by atoms with Gasteiger partial charge in [-0.3, -0.25) is 0 Å². The summed E-state index contributed by atoms with van der Waals surface area (Å²) in [6.45, 7) is 0. The fraction of sp³-hybridized carbons (Fsp3) is 0.500. The van der Waals surface area contributed by atoms with Crippen LogP contribution in [0, 0.1) is 11.7 Å². The molecule has 1 aliphatic rings. The molecule has 0 aliphatic carbocycles. The number of hydrogen-bond donors (Lipinski definition) is 1. The van der Waals surface area contributed by atoms with E-state index >= 15 is 0 Å². The normalized spacial score (nSPS) is 18.5. The topological polar surface area (TPSA) is 25.2 Å². The van der Waals surface area contributed by atoms with Crippen LogP contribution in [0.1, 0.15) is 31.1 Å². The number of thioether (sulfide) groups is 1. The summed E-state index contributed by atoms with van der Waals surface area (Å²) in [5.74, 6) is 4.01. The zero-order chi connectivity index (χ0) is 13.9. The average molecular weight is 293 g/mol. The standard InChI is InChI=1S/C16H20FNOS/c1-18-14(8-11-4-6-20-7-5-11)16-10-12-9-13(17)2-3-15(12)19-16/h2-3,9-11,14,18H,4-8H2,1H3. The van der Waals surface area contributed by atoms with Gasteiger partial charge in [0.25, 0.3) is 0 Å². The van der Waals surface area contributed by atoms with Crippen molar-refractivity contribution in [3.05, 3.63) is 35.8 Å². The molecule has 2 heterocycles. The lowest BCUT2D eigenvalue weighted by atomic mass is 9.93. The van der Waals surface area contributed by atoms with Crippen molar-refractivity contribution in [3.8, 4) is 0 Å². The number of halogens is 1. The summed E-state index contributed by atoms with van der Waals surface area (Å²) >= 11 is 2.05. The van der Waals surface area contributed by atoms with Crippen molar-refractivity contribution in [2.75, 3.05) is 18.6 Å². The average Bonchev–Trinajstić information content (AvgIpc) is 2.88. The minimum atomic E-state index is -0.213. The van der Waals surface area contributed by atoms with Crippen LogP contribution in [0.4, 0.5) is 4.39 Å². The highest BCUT2D eigenvalue weighted by atomic mass is 32.2. The van der Waals surface area contributed by atoms with E-state index in [0.29, 0.717) is 0 Å². The van der Waals surface area contributed by atoms with Crippen LogP contribution in [0.5, 0.6) is 0 Å². The molecule has 1 aliphatic heterocycles. The van der Waals surface area contributed by atoms with Crippen molar-refractivity contribution in [2.45, 2.75) is 25.3 Å². The Kier molecular flexibility index (Phi) is 4.32. The molecular weight excluding hydrogens is 273 g/mol. The van der Waals surface area contributed by atoms with Crippen LogP contribution in [0.2, 0.25) is 0 Å². The molecule has 3 rings (SSSR count). The summed E-state index contributed by atoms with van der Waals surface area (Å²) in [6.07, 6.45) is 3.68. The summed E-state index contributed by atoms with van der Waals surface area (Å²) in [5.41, 5.74) is 0.765. The molecule has 1 aromatic carbocycles. The third kappa shape index (κ3) is 3.01. The minimum Gasteiger partial charge on any atom is -0.459 e. The Labute approximate surface area is 123 Å². The van der Waals surface area contributed by atoms with E-state index in [-0.39, 0.29) is 11.9 Å². The van der Waals surface area contributed by atoms with E-state index in [0.717, 1.165) is 29.1 Å². The first-order valence-corrected chi connectivity index (χ1v) is 8.36. The van der Waals surface area contributed by atoms with Gasteiger partial charge in [0.15, 0.2) is 0 Å². The van der Waals surface area contributed by atoms with Gasteiger partial charge in [-0.1, -0.05) is 0 Å². The van der Waals surface area contributed by atoms with Gasteiger partial charge >= 0.3 is 0 Å². The molecule has 4 heteroatoms. The van der Waals surface area contributed by atoms with E-state index in [1.54, 1.807) is 6.07 Å². The molecule has 1 N–H and O–H groups in total. The first kappa shape index (κ1) is 14.0. The Morgan fingerprint density at radius 3 is 2.90 bits per heavy atom. The largest absolute Gasteiger partial charge is 0.459 e. The second kappa shape index (κ2) is 6.19. The second-order valence-corrected chi connectivity index (χ2v) is 6.69. The lowest BCUT2D eigenvalue weighted by Gasteiger charge is -2.25. The fourth-order valence-electron chi connectivity index (χ4n) is 2.90. The number of rotatable bonds is 4. The predicted octanol–water partition coefficient (Wildman–Crippen LogP) is 4.37. The van der Waals surface area contributed by atoms with Crippen LogP contribution in [-0.2, 0) is 0 Å². The van der Waals surface area contributed by atoms with Gasteiger partial charge < -0.3 is 9.73 Å². The summed E-state index contributed by atoms with van der Waals surface area (Å²) in [5, 5.41) is 4.19. The molecule has 1 atom stereocenters. The molecule has 0 radical (unpaired) electrons. The highest BCUT2D eigenvalue weighted by Crippen LogP contribution is 2.33. The van der Waals surface area contributed by atoms with Gasteiger partial charge in [0.05, 0.1) is 6.04 Å². The molecule has 0 saturated carbocycles. The van der Waals surface area contributed by atoms with E-state index in [9.17, 15) is 4.39 Å². The van der Waals surface area contributed by atoms with Gasteiger partial charge in [-0.2, -0.15) is 11.8 Å². The number of hydrogen-bond acceptors (Lipinski definition) is 3. The maximum absolute atomic E-state index is 13.2. The smallest absolute Gasteiger partial charge is 0.134 e. The summed E-state index contributed by atoms with van der Waals surface area (Å²) in [4.78, 5) is 0. The van der Waals surface area contributed by atoms with Gasteiger partial charge in [-0.15, -0.1) is 0 Å². The second-order valence-electron chi connectivity index (χ2n) is 5.46. The first-order valence-electron chi connectivity index (χ1n) is 7.20. The van der Waals surface area contributed by atoms with Crippen molar-refractivity contribution < 1.29 is 8.81 Å². The molecule has 1 saturated heterocycles. The summed E-state index contributed by atoms with van der Waals surface area (Å²) in [7, 11) is 1.97. The zero-order valence-corrected chi connectivity index (χ0v) is 12.5. The monoisotopic (exact) mass is 293 g/mol. The van der Waals surface area contributed by atoms with Crippen LogP contribution in [0.25, 0.3) is 11.0 Å². The van der Waals surface area contributed by atoms with E-state index in [2.05, 4.69) is 5.32 Å². The van der Waals surface area contributed by atoms with Crippen molar-refractivity contribution in [3.63, 3.8) is 0 Å². The lowest BCUT2D eigenvalue weighted by Crippen LogP contribution is -2.21. The molecule has 2 aromatic rings. The maximum atomic E-state index is 13.2. The van der Waals surface area contributed by atoms with Gasteiger partial charge in [-0.05, 0) is 68.0 Å². The fourth-order valence-corrected chi connectivity index (χ4v) is 4.10. The third-order valence-electron chi connectivity index (χ3n) is 4.10. The Morgan fingerprint density at radius 2 is 2.15 bits per heavy atom. The number of nitrogens with one attached hydrogen (secondary N) is 1. The van der Waals surface area contributed by atoms with Crippen LogP contribution in [0.15, 0.2) is 28.7 Å². The Morgan fingerprint density at radius 1 is 1.35 bits per heavy atom. The summed E-state index contributed by atoms with van der Waals surface area (Å²) < 4.78 is 19.1. The molecule has 2 nitrogen and oxygen atoms in total. The lowest BCUT2D eigenvalue weighted by molar-refractivity contribution is 0.347. The van der Waals surface area contributed by atoms with Crippen molar-refractivity contribution in [1.29, 1.82) is 0 Å². The van der Waals surface area contributed by atoms with E-state index in [1.165, 1.54) is 36.5 Å². The molecule has 0 spiro atoms. The maximum Gasteiger partial charge on any atom is 0.134 e. The van der Waals surface area contributed by atoms with Gasteiger partial charge in [-0.25, -0.2) is 4.39 Å². The molecule has 0 amide bonds. The number of benzene rings is 1. The molecular formula is C16H20FNOS. The Bertz CT molecular complexity index is 577. The van der Waals surface area contributed by atoms with Crippen LogP contribution in [0.3, 0.4) is 0 Å². The molecule has 20 heavy (non-hydrogen) atoms. The van der Waals surface area contributed by atoms with Gasteiger partial charge in [0.1, 0.15) is 17.2 Å². The SMILES string of the molecule is CNC(CC1CCSCC1)c1cc2cc(F)ccc2o1. The summed E-state index contributed by atoms with van der Waals surface area (Å²) in [6, 6.07) is 6.88.